The topological polar surface area (TPSA) is 60.7 Å². The summed E-state index contributed by atoms with van der Waals surface area (Å²) in [4.78, 5) is 0. The van der Waals surface area contributed by atoms with Crippen molar-refractivity contribution in [3.63, 3.8) is 0 Å². The highest BCUT2D eigenvalue weighted by Crippen LogP contribution is 2.28. The summed E-state index contributed by atoms with van der Waals surface area (Å²) >= 11 is 16.4. The molecule has 0 saturated carbocycles. The van der Waals surface area contributed by atoms with Gasteiger partial charge in [0, 0.05) is 0 Å². The van der Waals surface area contributed by atoms with Crippen LogP contribution in [0.3, 0.4) is 0 Å². The Balaban J connectivity index is 4.69. The molecule has 0 saturated heterocycles. The largest absolute Gasteiger partial charge is 0.339 e. The predicted molar refractivity (Wildman–Crippen MR) is 48.1 cm³/mol. The second-order valence-electron chi connectivity index (χ2n) is 2.17. The van der Waals surface area contributed by atoms with E-state index in [9.17, 15) is 0 Å². The molecule has 3 nitrogen and oxygen atoms in total. The minimum absolute atomic E-state index is 0.173. The molecule has 0 aromatic rings. The number of hydrogen-bond acceptors (Lipinski definition) is 3. The summed E-state index contributed by atoms with van der Waals surface area (Å²) < 4.78 is 0. The molecular weight excluding hydrogens is 226 g/mol. The molecule has 0 spiro atoms. The molecule has 0 aromatic heterocycles. The Morgan fingerprint density at radius 1 is 1.33 bits per heavy atom. The highest BCUT2D eigenvalue weighted by Gasteiger charge is 2.28. The van der Waals surface area contributed by atoms with E-state index in [2.05, 4.69) is 0 Å². The van der Waals surface area contributed by atoms with Crippen LogP contribution < -0.4 is 0 Å². The number of hydrogen-bond donors (Lipinski definition) is 3. The molecule has 0 amide bonds. The molecule has 0 rings (SSSR count). The lowest BCUT2D eigenvalue weighted by atomic mass is 10.3. The first-order chi connectivity index (χ1) is 5.30. The summed E-state index contributed by atoms with van der Waals surface area (Å²) in [5, 5.41) is 24.3. The zero-order chi connectivity index (χ0) is 9.94. The highest BCUT2D eigenvalue weighted by molar-refractivity contribution is 6.43. The van der Waals surface area contributed by atoms with Gasteiger partial charge in [-0.05, 0) is 6.42 Å². The van der Waals surface area contributed by atoms with E-state index in [1.54, 1.807) is 6.92 Å². The first kappa shape index (κ1) is 12.5. The van der Waals surface area contributed by atoms with Crippen molar-refractivity contribution in [2.45, 2.75) is 24.7 Å². The van der Waals surface area contributed by atoms with Gasteiger partial charge in [0.05, 0.1) is 10.4 Å². The summed E-state index contributed by atoms with van der Waals surface area (Å²) in [5.41, 5.74) is 0. The van der Waals surface area contributed by atoms with Crippen LogP contribution in [-0.2, 0) is 0 Å². The lowest BCUT2D eigenvalue weighted by Crippen LogP contribution is -2.29. The van der Waals surface area contributed by atoms with E-state index >= 15 is 0 Å². The summed E-state index contributed by atoms with van der Waals surface area (Å²) in [7, 11) is 0. The molecular formula is C6H9Cl3O3. The van der Waals surface area contributed by atoms with E-state index in [1.807, 2.05) is 0 Å². The van der Waals surface area contributed by atoms with Crippen LogP contribution in [0.1, 0.15) is 13.3 Å². The maximum absolute atomic E-state index is 8.58. The lowest BCUT2D eigenvalue weighted by Gasteiger charge is -2.16. The van der Waals surface area contributed by atoms with Crippen LogP contribution in [0.2, 0.25) is 0 Å². The van der Waals surface area contributed by atoms with Crippen LogP contribution in [0.4, 0.5) is 0 Å². The van der Waals surface area contributed by atoms with Gasteiger partial charge in [-0.25, -0.2) is 0 Å². The highest BCUT2D eigenvalue weighted by atomic mass is 35.5. The molecule has 0 fully saturated rings. The smallest absolute Gasteiger partial charge is 0.316 e. The quantitative estimate of drug-likeness (QED) is 0.511. The molecule has 0 bridgehead atoms. The van der Waals surface area contributed by atoms with E-state index in [0.29, 0.717) is 6.42 Å². The van der Waals surface area contributed by atoms with Crippen LogP contribution in [0, 0.1) is 0 Å². The summed E-state index contributed by atoms with van der Waals surface area (Å²) in [5.74, 6) is -3.11. The van der Waals surface area contributed by atoms with Crippen molar-refractivity contribution in [2.24, 2.45) is 0 Å². The van der Waals surface area contributed by atoms with Crippen molar-refractivity contribution in [3.8, 4) is 0 Å². The third-order valence-corrected chi connectivity index (χ3v) is 2.78. The SMILES string of the molecule is CCC(Cl)C(Cl)=C(Cl)C(O)(O)O. The summed E-state index contributed by atoms with van der Waals surface area (Å²) in [6.45, 7) is 1.73. The van der Waals surface area contributed by atoms with Gasteiger partial charge >= 0.3 is 5.97 Å². The third-order valence-electron chi connectivity index (χ3n) is 1.14. The van der Waals surface area contributed by atoms with Crippen LogP contribution in [0.25, 0.3) is 0 Å². The van der Waals surface area contributed by atoms with Gasteiger partial charge in [-0.2, -0.15) is 0 Å². The fourth-order valence-electron chi connectivity index (χ4n) is 0.477. The lowest BCUT2D eigenvalue weighted by molar-refractivity contribution is -0.277. The Labute approximate surface area is 85.2 Å². The van der Waals surface area contributed by atoms with Crippen LogP contribution in [0.15, 0.2) is 10.1 Å². The zero-order valence-electron chi connectivity index (χ0n) is 6.26. The average Bonchev–Trinajstić information content (AvgIpc) is 1.98. The van der Waals surface area contributed by atoms with Gasteiger partial charge in [-0.15, -0.1) is 11.6 Å². The van der Waals surface area contributed by atoms with E-state index in [1.165, 1.54) is 0 Å². The fraction of sp³-hybridized carbons (Fsp3) is 0.667. The first-order valence-electron chi connectivity index (χ1n) is 3.17. The number of aliphatic hydroxyl groups is 3. The molecule has 3 N–H and O–H groups in total. The maximum Gasteiger partial charge on any atom is 0.316 e. The molecule has 0 aliphatic heterocycles. The zero-order valence-corrected chi connectivity index (χ0v) is 8.53. The van der Waals surface area contributed by atoms with Gasteiger partial charge in [0.1, 0.15) is 5.03 Å². The van der Waals surface area contributed by atoms with E-state index < -0.39 is 16.4 Å². The molecule has 12 heavy (non-hydrogen) atoms. The van der Waals surface area contributed by atoms with E-state index in [0.717, 1.165) is 0 Å². The second kappa shape index (κ2) is 4.65. The van der Waals surface area contributed by atoms with Crippen LogP contribution in [0.5, 0.6) is 0 Å². The minimum atomic E-state index is -3.11. The first-order valence-corrected chi connectivity index (χ1v) is 4.36. The van der Waals surface area contributed by atoms with Gasteiger partial charge < -0.3 is 15.3 Å². The van der Waals surface area contributed by atoms with Gasteiger partial charge in [-0.1, -0.05) is 30.1 Å². The predicted octanol–water partition coefficient (Wildman–Crippen LogP) is 1.32. The van der Waals surface area contributed by atoms with Crippen molar-refractivity contribution < 1.29 is 15.3 Å². The van der Waals surface area contributed by atoms with Crippen molar-refractivity contribution in [1.29, 1.82) is 0 Å². The number of halogens is 3. The van der Waals surface area contributed by atoms with Gasteiger partial charge in [0.2, 0.25) is 0 Å². The third kappa shape index (κ3) is 3.47. The van der Waals surface area contributed by atoms with Crippen molar-refractivity contribution >= 4 is 34.8 Å². The Bertz CT molecular complexity index is 185. The minimum Gasteiger partial charge on any atom is -0.339 e. The second-order valence-corrected chi connectivity index (χ2v) is 3.49. The van der Waals surface area contributed by atoms with E-state index in [-0.39, 0.29) is 5.03 Å². The Kier molecular flexibility index (Phi) is 4.84. The molecule has 0 aromatic carbocycles. The number of alkyl halides is 1. The Hall–Kier alpha value is 0.490. The Morgan fingerprint density at radius 3 is 2.00 bits per heavy atom. The molecule has 6 heteroatoms. The molecule has 0 radical (unpaired) electrons. The van der Waals surface area contributed by atoms with Crippen molar-refractivity contribution in [1.82, 2.24) is 0 Å². The summed E-state index contributed by atoms with van der Waals surface area (Å²) in [6.07, 6.45) is 0.465. The monoisotopic (exact) mass is 234 g/mol. The Morgan fingerprint density at radius 2 is 1.75 bits per heavy atom. The number of rotatable bonds is 3. The van der Waals surface area contributed by atoms with Crippen LogP contribution in [-0.4, -0.2) is 26.7 Å². The number of allylic oxidation sites excluding steroid dienone is 1. The van der Waals surface area contributed by atoms with Crippen molar-refractivity contribution in [3.05, 3.63) is 10.1 Å². The molecule has 0 aliphatic rings. The van der Waals surface area contributed by atoms with E-state index in [4.69, 9.17) is 50.1 Å². The van der Waals surface area contributed by atoms with Gasteiger partial charge in [-0.3, -0.25) is 0 Å². The maximum atomic E-state index is 8.58. The molecule has 72 valence electrons. The average molecular weight is 235 g/mol. The summed E-state index contributed by atoms with van der Waals surface area (Å²) in [6, 6.07) is 0. The standard InChI is InChI=1S/C6H9Cl3O3/c1-2-3(7)4(8)5(9)6(10,11)12/h3,10-12H,2H2,1H3. The fourth-order valence-corrected chi connectivity index (χ4v) is 1.05. The van der Waals surface area contributed by atoms with Gasteiger partial charge in [0.25, 0.3) is 0 Å². The molecule has 0 aliphatic carbocycles. The van der Waals surface area contributed by atoms with Crippen molar-refractivity contribution in [2.75, 3.05) is 0 Å². The molecule has 0 heterocycles. The van der Waals surface area contributed by atoms with Crippen LogP contribution >= 0.6 is 34.8 Å². The normalized spacial score (nSPS) is 17.2. The molecule has 1 unspecified atom stereocenters. The molecule has 1 atom stereocenters. The van der Waals surface area contributed by atoms with Gasteiger partial charge in [0.15, 0.2) is 0 Å².